The van der Waals surface area contributed by atoms with E-state index in [1.54, 1.807) is 31.3 Å². The van der Waals surface area contributed by atoms with Crippen molar-refractivity contribution in [3.05, 3.63) is 54.4 Å². The molecule has 0 saturated carbocycles. The SMILES string of the molecule is CNC(=O)[C@@H](C)Oc1ccc(S(=O)(=O)NCc2ccccn2)cc1. The quantitative estimate of drug-likeness (QED) is 0.779. The second kappa shape index (κ2) is 7.89. The highest BCUT2D eigenvalue weighted by molar-refractivity contribution is 7.89. The van der Waals surface area contributed by atoms with Gasteiger partial charge in [0.05, 0.1) is 17.1 Å². The Morgan fingerprint density at radius 3 is 2.50 bits per heavy atom. The van der Waals surface area contributed by atoms with Crippen LogP contribution in [0.25, 0.3) is 0 Å². The average Bonchev–Trinajstić information content (AvgIpc) is 2.60. The Morgan fingerprint density at radius 1 is 1.21 bits per heavy atom. The molecule has 0 bridgehead atoms. The molecule has 0 radical (unpaired) electrons. The van der Waals surface area contributed by atoms with Crippen molar-refractivity contribution in [3.8, 4) is 5.75 Å². The van der Waals surface area contributed by atoms with E-state index in [2.05, 4.69) is 15.0 Å². The Morgan fingerprint density at radius 2 is 1.92 bits per heavy atom. The summed E-state index contributed by atoms with van der Waals surface area (Å²) in [6.45, 7) is 1.72. The maximum absolute atomic E-state index is 12.2. The van der Waals surface area contributed by atoms with E-state index in [1.165, 1.54) is 31.3 Å². The lowest BCUT2D eigenvalue weighted by Crippen LogP contribution is -2.33. The van der Waals surface area contributed by atoms with Gasteiger partial charge in [-0.3, -0.25) is 9.78 Å². The number of rotatable bonds is 7. The Balaban J connectivity index is 2.02. The van der Waals surface area contributed by atoms with Gasteiger partial charge in [-0.25, -0.2) is 13.1 Å². The number of hydrogen-bond acceptors (Lipinski definition) is 5. The summed E-state index contributed by atoms with van der Waals surface area (Å²) >= 11 is 0. The van der Waals surface area contributed by atoms with Gasteiger partial charge in [-0.1, -0.05) is 6.07 Å². The molecular formula is C16H19N3O4S. The lowest BCUT2D eigenvalue weighted by atomic mass is 10.3. The van der Waals surface area contributed by atoms with Gasteiger partial charge >= 0.3 is 0 Å². The average molecular weight is 349 g/mol. The number of carbonyl (C=O) groups is 1. The number of ether oxygens (including phenoxy) is 1. The first-order valence-corrected chi connectivity index (χ1v) is 8.78. The van der Waals surface area contributed by atoms with Crippen LogP contribution in [-0.4, -0.2) is 32.5 Å². The summed E-state index contributed by atoms with van der Waals surface area (Å²) in [6, 6.07) is 11.1. The van der Waals surface area contributed by atoms with Crippen LogP contribution in [0.3, 0.4) is 0 Å². The van der Waals surface area contributed by atoms with Crippen molar-refractivity contribution in [2.45, 2.75) is 24.5 Å². The third-order valence-electron chi connectivity index (χ3n) is 3.23. The van der Waals surface area contributed by atoms with Crippen molar-refractivity contribution >= 4 is 15.9 Å². The maximum Gasteiger partial charge on any atom is 0.260 e. The summed E-state index contributed by atoms with van der Waals surface area (Å²) < 4.78 is 32.4. The minimum absolute atomic E-state index is 0.106. The number of sulfonamides is 1. The van der Waals surface area contributed by atoms with Crippen LogP contribution < -0.4 is 14.8 Å². The monoisotopic (exact) mass is 349 g/mol. The van der Waals surface area contributed by atoms with Crippen LogP contribution >= 0.6 is 0 Å². The largest absolute Gasteiger partial charge is 0.481 e. The molecule has 1 aromatic heterocycles. The Labute approximate surface area is 141 Å². The molecule has 128 valence electrons. The molecule has 2 aromatic rings. The van der Waals surface area contributed by atoms with E-state index in [9.17, 15) is 13.2 Å². The van der Waals surface area contributed by atoms with E-state index >= 15 is 0 Å². The van der Waals surface area contributed by atoms with E-state index in [-0.39, 0.29) is 17.3 Å². The van der Waals surface area contributed by atoms with Gasteiger partial charge < -0.3 is 10.1 Å². The van der Waals surface area contributed by atoms with Crippen LogP contribution in [0.2, 0.25) is 0 Å². The summed E-state index contributed by atoms with van der Waals surface area (Å²) in [5.41, 5.74) is 0.625. The molecule has 7 nitrogen and oxygen atoms in total. The fourth-order valence-corrected chi connectivity index (χ4v) is 2.91. The van der Waals surface area contributed by atoms with E-state index in [0.29, 0.717) is 11.4 Å². The zero-order chi connectivity index (χ0) is 17.6. The summed E-state index contributed by atoms with van der Waals surface area (Å²) in [6.07, 6.45) is 0.934. The Hall–Kier alpha value is -2.45. The number of amides is 1. The topological polar surface area (TPSA) is 97.4 Å². The summed E-state index contributed by atoms with van der Waals surface area (Å²) in [7, 11) is -2.13. The van der Waals surface area contributed by atoms with E-state index in [0.717, 1.165) is 0 Å². The fourth-order valence-electron chi connectivity index (χ4n) is 1.91. The van der Waals surface area contributed by atoms with Crippen molar-refractivity contribution in [1.82, 2.24) is 15.0 Å². The molecule has 0 aliphatic rings. The minimum Gasteiger partial charge on any atom is -0.481 e. The van der Waals surface area contributed by atoms with Crippen LogP contribution in [0, 0.1) is 0 Å². The molecule has 0 aliphatic carbocycles. The summed E-state index contributed by atoms with van der Waals surface area (Å²) in [5.74, 6) is 0.151. The molecule has 0 unspecified atom stereocenters. The van der Waals surface area contributed by atoms with Gasteiger partial charge in [0.2, 0.25) is 10.0 Å². The molecule has 0 spiro atoms. The highest BCUT2D eigenvalue weighted by Gasteiger charge is 2.16. The first kappa shape index (κ1) is 17.9. The van der Waals surface area contributed by atoms with Gasteiger partial charge in [-0.15, -0.1) is 0 Å². The van der Waals surface area contributed by atoms with Gasteiger partial charge in [0.1, 0.15) is 5.75 Å². The molecule has 0 saturated heterocycles. The maximum atomic E-state index is 12.2. The predicted octanol–water partition coefficient (Wildman–Crippen LogP) is 1.07. The molecule has 1 aromatic carbocycles. The van der Waals surface area contributed by atoms with Crippen LogP contribution in [0.1, 0.15) is 12.6 Å². The molecule has 1 amide bonds. The second-order valence-corrected chi connectivity index (χ2v) is 6.76. The molecule has 1 atom stereocenters. The van der Waals surface area contributed by atoms with Gasteiger partial charge in [0.15, 0.2) is 6.10 Å². The number of hydrogen-bond donors (Lipinski definition) is 2. The third kappa shape index (κ3) is 4.77. The lowest BCUT2D eigenvalue weighted by Gasteiger charge is -2.13. The summed E-state index contributed by atoms with van der Waals surface area (Å²) in [5, 5.41) is 2.48. The number of pyridine rings is 1. The van der Waals surface area contributed by atoms with E-state index < -0.39 is 16.1 Å². The van der Waals surface area contributed by atoms with Crippen molar-refractivity contribution in [2.24, 2.45) is 0 Å². The predicted molar refractivity (Wildman–Crippen MR) is 88.9 cm³/mol. The second-order valence-electron chi connectivity index (χ2n) is 4.99. The summed E-state index contributed by atoms with van der Waals surface area (Å²) in [4.78, 5) is 15.6. The molecule has 1 heterocycles. The fraction of sp³-hybridized carbons (Fsp3) is 0.250. The molecular weight excluding hydrogens is 330 g/mol. The zero-order valence-electron chi connectivity index (χ0n) is 13.4. The van der Waals surface area contributed by atoms with Crippen LogP contribution in [0.4, 0.5) is 0 Å². The molecule has 2 N–H and O–H groups in total. The van der Waals surface area contributed by atoms with Gasteiger partial charge in [0, 0.05) is 13.2 Å². The van der Waals surface area contributed by atoms with E-state index in [4.69, 9.17) is 4.74 Å². The van der Waals surface area contributed by atoms with Gasteiger partial charge in [-0.05, 0) is 43.3 Å². The molecule has 0 aliphatic heterocycles. The first-order valence-electron chi connectivity index (χ1n) is 7.30. The molecule has 2 rings (SSSR count). The van der Waals surface area contributed by atoms with E-state index in [1.807, 2.05) is 0 Å². The number of nitrogens with one attached hydrogen (secondary N) is 2. The lowest BCUT2D eigenvalue weighted by molar-refractivity contribution is -0.126. The first-order chi connectivity index (χ1) is 11.4. The van der Waals surface area contributed by atoms with Crippen LogP contribution in [-0.2, 0) is 21.4 Å². The van der Waals surface area contributed by atoms with Crippen molar-refractivity contribution in [3.63, 3.8) is 0 Å². The zero-order valence-corrected chi connectivity index (χ0v) is 14.2. The smallest absolute Gasteiger partial charge is 0.260 e. The number of benzene rings is 1. The van der Waals surface area contributed by atoms with Crippen LogP contribution in [0.5, 0.6) is 5.75 Å². The van der Waals surface area contributed by atoms with Crippen molar-refractivity contribution in [2.75, 3.05) is 7.05 Å². The number of nitrogens with zero attached hydrogens (tertiary/aromatic N) is 1. The normalized spacial score (nSPS) is 12.4. The Bertz CT molecular complexity index is 777. The number of aromatic nitrogens is 1. The molecule has 8 heteroatoms. The standard InChI is InChI=1S/C16H19N3O4S/c1-12(16(20)17-2)23-14-6-8-15(9-7-14)24(21,22)19-11-13-5-3-4-10-18-13/h3-10,12,19H,11H2,1-2H3,(H,17,20)/t12-/m1/s1. The highest BCUT2D eigenvalue weighted by Crippen LogP contribution is 2.17. The minimum atomic E-state index is -3.65. The molecule has 0 fully saturated rings. The molecule has 24 heavy (non-hydrogen) atoms. The van der Waals surface area contributed by atoms with Gasteiger partial charge in [-0.2, -0.15) is 0 Å². The van der Waals surface area contributed by atoms with Gasteiger partial charge in [0.25, 0.3) is 5.91 Å². The third-order valence-corrected chi connectivity index (χ3v) is 4.65. The van der Waals surface area contributed by atoms with Crippen molar-refractivity contribution < 1.29 is 17.9 Å². The highest BCUT2D eigenvalue weighted by atomic mass is 32.2. The Kier molecular flexibility index (Phi) is 5.88. The van der Waals surface area contributed by atoms with Crippen LogP contribution in [0.15, 0.2) is 53.6 Å². The number of likely N-dealkylation sites (N-methyl/N-ethyl adjacent to an activating group) is 1. The number of carbonyl (C=O) groups excluding carboxylic acids is 1. The van der Waals surface area contributed by atoms with Crippen molar-refractivity contribution in [1.29, 1.82) is 0 Å².